The summed E-state index contributed by atoms with van der Waals surface area (Å²) in [4.78, 5) is 10.2. The molecule has 24 heavy (non-hydrogen) atoms. The number of carboxylic acid groups (broad SMARTS) is 1. The Kier molecular flexibility index (Phi) is 14.0. The van der Waals surface area contributed by atoms with Crippen LogP contribution in [0, 0.1) is 0 Å². The summed E-state index contributed by atoms with van der Waals surface area (Å²) in [5.74, 6) is -1.00. The topological polar surface area (TPSA) is 109 Å². The van der Waals surface area contributed by atoms with E-state index in [1.54, 1.807) is 13.8 Å². The Balaban J connectivity index is 3.25. The molecule has 0 saturated carbocycles. The van der Waals surface area contributed by atoms with E-state index >= 15 is 0 Å². The Labute approximate surface area is 142 Å². The lowest BCUT2D eigenvalue weighted by Gasteiger charge is -2.28. The summed E-state index contributed by atoms with van der Waals surface area (Å²) < 4.78 is 39.4. The quantitative estimate of drug-likeness (QED) is 0.357. The van der Waals surface area contributed by atoms with Gasteiger partial charge in [-0.1, -0.05) is 0 Å². The third-order valence-corrected chi connectivity index (χ3v) is 3.00. The van der Waals surface area contributed by atoms with Crippen LogP contribution in [0.1, 0.15) is 13.8 Å². The van der Waals surface area contributed by atoms with Crippen molar-refractivity contribution >= 4 is 5.97 Å². The van der Waals surface area contributed by atoms with E-state index in [2.05, 4.69) is 0 Å². The van der Waals surface area contributed by atoms with Gasteiger partial charge in [0.25, 0.3) is 0 Å². The third kappa shape index (κ3) is 13.6. The second-order valence-electron chi connectivity index (χ2n) is 5.44. The number of nitrogens with two attached hydrogens (primary N) is 1. The van der Waals surface area contributed by atoms with Gasteiger partial charge in [0, 0.05) is 6.54 Å². The van der Waals surface area contributed by atoms with Crippen LogP contribution in [0.3, 0.4) is 0 Å². The molecule has 1 unspecified atom stereocenters. The molecule has 0 bridgehead atoms. The number of halogens is 1. The predicted octanol–water partition coefficient (Wildman–Crippen LogP) is 0.229. The molecule has 0 aromatic heterocycles. The van der Waals surface area contributed by atoms with Gasteiger partial charge in [-0.15, -0.1) is 0 Å². The maximum Gasteiger partial charge on any atom is 0.329 e. The van der Waals surface area contributed by atoms with Crippen molar-refractivity contribution in [3.63, 3.8) is 0 Å². The molecule has 0 aromatic carbocycles. The van der Waals surface area contributed by atoms with E-state index in [1.807, 2.05) is 0 Å². The van der Waals surface area contributed by atoms with Gasteiger partial charge in [0.1, 0.15) is 12.8 Å². The van der Waals surface area contributed by atoms with E-state index in [9.17, 15) is 9.18 Å². The van der Waals surface area contributed by atoms with Crippen LogP contribution in [0.2, 0.25) is 0 Å². The van der Waals surface area contributed by atoms with Gasteiger partial charge in [-0.25, -0.2) is 9.18 Å². The maximum absolute atomic E-state index is 13.4. The minimum atomic E-state index is -1.21. The van der Waals surface area contributed by atoms with Crippen LogP contribution < -0.4 is 5.73 Å². The highest BCUT2D eigenvalue weighted by Crippen LogP contribution is 2.16. The van der Waals surface area contributed by atoms with Crippen LogP contribution in [0.25, 0.3) is 0 Å². The van der Waals surface area contributed by atoms with Crippen LogP contribution in [-0.2, 0) is 28.5 Å². The van der Waals surface area contributed by atoms with Crippen molar-refractivity contribution in [1.82, 2.24) is 0 Å². The molecule has 0 radical (unpaired) electrons. The number of rotatable bonds is 17. The number of hydrogen-bond donors (Lipinski definition) is 2. The standard InChI is InChI=1S/C15H30FNO7/c1-15(2,13(16)11-17)24-10-9-22-6-5-20-3-4-21-7-8-23-12-14(18)19/h13H,3-12,17H2,1-2H3,(H,18,19). The van der Waals surface area contributed by atoms with Gasteiger partial charge in [-0.3, -0.25) is 0 Å². The summed E-state index contributed by atoms with van der Waals surface area (Å²) in [6.45, 7) is 5.71. The van der Waals surface area contributed by atoms with Gasteiger partial charge < -0.3 is 34.5 Å². The fourth-order valence-electron chi connectivity index (χ4n) is 1.56. The van der Waals surface area contributed by atoms with Crippen molar-refractivity contribution < 1.29 is 38.0 Å². The van der Waals surface area contributed by atoms with E-state index in [-0.39, 0.29) is 26.4 Å². The first-order valence-electron chi connectivity index (χ1n) is 7.91. The van der Waals surface area contributed by atoms with E-state index in [0.717, 1.165) is 0 Å². The first-order valence-corrected chi connectivity index (χ1v) is 7.91. The van der Waals surface area contributed by atoms with Gasteiger partial charge in [-0.2, -0.15) is 0 Å². The van der Waals surface area contributed by atoms with E-state index in [0.29, 0.717) is 39.6 Å². The van der Waals surface area contributed by atoms with Crippen LogP contribution in [0.5, 0.6) is 0 Å². The van der Waals surface area contributed by atoms with Crippen LogP contribution in [-0.4, -0.2) is 88.9 Å². The molecule has 9 heteroatoms. The summed E-state index contributed by atoms with van der Waals surface area (Å²) in [6, 6.07) is 0. The molecule has 0 heterocycles. The molecule has 8 nitrogen and oxygen atoms in total. The minimum absolute atomic E-state index is 0.0740. The molecule has 1 atom stereocenters. The zero-order chi connectivity index (χ0) is 18.3. The largest absolute Gasteiger partial charge is 0.480 e. The molecule has 144 valence electrons. The van der Waals surface area contributed by atoms with Crippen LogP contribution >= 0.6 is 0 Å². The second kappa shape index (κ2) is 14.5. The monoisotopic (exact) mass is 355 g/mol. The Bertz CT molecular complexity index is 318. The molecule has 0 aromatic rings. The summed E-state index contributed by atoms with van der Waals surface area (Å²) in [6.07, 6.45) is -1.21. The Morgan fingerprint density at radius 2 is 1.38 bits per heavy atom. The Morgan fingerprint density at radius 1 is 0.958 bits per heavy atom. The zero-order valence-electron chi connectivity index (χ0n) is 14.5. The minimum Gasteiger partial charge on any atom is -0.480 e. The highest BCUT2D eigenvalue weighted by Gasteiger charge is 2.28. The lowest BCUT2D eigenvalue weighted by atomic mass is 10.0. The lowest BCUT2D eigenvalue weighted by molar-refractivity contribution is -0.142. The molecule has 0 spiro atoms. The second-order valence-corrected chi connectivity index (χ2v) is 5.44. The number of alkyl halides is 1. The van der Waals surface area contributed by atoms with Crippen molar-refractivity contribution in [2.45, 2.75) is 25.6 Å². The first kappa shape index (κ1) is 23.2. The van der Waals surface area contributed by atoms with Crippen molar-refractivity contribution in [1.29, 1.82) is 0 Å². The van der Waals surface area contributed by atoms with Gasteiger partial charge in [-0.05, 0) is 13.8 Å². The van der Waals surface area contributed by atoms with E-state index < -0.39 is 17.7 Å². The molecule has 0 amide bonds. The average molecular weight is 355 g/mol. The van der Waals surface area contributed by atoms with Crippen molar-refractivity contribution in [3.8, 4) is 0 Å². The SMILES string of the molecule is CC(C)(OCCOCCOCCOCCOCC(=O)O)C(F)CN. The van der Waals surface area contributed by atoms with E-state index in [1.165, 1.54) is 0 Å². The highest BCUT2D eigenvalue weighted by molar-refractivity contribution is 5.67. The molecule has 0 aliphatic carbocycles. The molecular formula is C15H30FNO7. The highest BCUT2D eigenvalue weighted by atomic mass is 19.1. The number of carbonyl (C=O) groups is 1. The van der Waals surface area contributed by atoms with Crippen molar-refractivity contribution in [2.24, 2.45) is 5.73 Å². The summed E-state index contributed by atoms with van der Waals surface area (Å²) in [7, 11) is 0. The smallest absolute Gasteiger partial charge is 0.329 e. The molecule has 3 N–H and O–H groups in total. The van der Waals surface area contributed by atoms with Gasteiger partial charge in [0.05, 0.1) is 58.5 Å². The number of hydrogen-bond acceptors (Lipinski definition) is 7. The fraction of sp³-hybridized carbons (Fsp3) is 0.933. The molecular weight excluding hydrogens is 325 g/mol. The molecule has 0 rings (SSSR count). The average Bonchev–Trinajstić information content (AvgIpc) is 2.53. The summed E-state index contributed by atoms with van der Waals surface area (Å²) in [5, 5.41) is 8.34. The number of ether oxygens (including phenoxy) is 5. The molecule has 0 aliphatic rings. The van der Waals surface area contributed by atoms with Gasteiger partial charge in [0.2, 0.25) is 0 Å². The number of carboxylic acids is 1. The first-order chi connectivity index (χ1) is 11.4. The normalized spacial score (nSPS) is 13.2. The predicted molar refractivity (Wildman–Crippen MR) is 84.9 cm³/mol. The fourth-order valence-corrected chi connectivity index (χ4v) is 1.56. The summed E-state index contributed by atoms with van der Waals surface area (Å²) in [5.41, 5.74) is 4.35. The summed E-state index contributed by atoms with van der Waals surface area (Å²) >= 11 is 0. The Morgan fingerprint density at radius 3 is 1.79 bits per heavy atom. The third-order valence-electron chi connectivity index (χ3n) is 3.00. The number of aliphatic carboxylic acids is 1. The van der Waals surface area contributed by atoms with Crippen molar-refractivity contribution in [2.75, 3.05) is 66.0 Å². The van der Waals surface area contributed by atoms with Gasteiger partial charge in [0.15, 0.2) is 0 Å². The zero-order valence-corrected chi connectivity index (χ0v) is 14.5. The molecule has 0 saturated heterocycles. The van der Waals surface area contributed by atoms with Gasteiger partial charge >= 0.3 is 5.97 Å². The molecule has 0 aliphatic heterocycles. The van der Waals surface area contributed by atoms with Crippen molar-refractivity contribution in [3.05, 3.63) is 0 Å². The maximum atomic E-state index is 13.4. The van der Waals surface area contributed by atoms with Crippen LogP contribution in [0.15, 0.2) is 0 Å². The Hall–Kier alpha value is -0.840. The molecule has 0 fully saturated rings. The van der Waals surface area contributed by atoms with Crippen LogP contribution in [0.4, 0.5) is 4.39 Å². The van der Waals surface area contributed by atoms with E-state index in [4.69, 9.17) is 34.5 Å². The lowest BCUT2D eigenvalue weighted by Crippen LogP contribution is -2.41.